The second-order valence-corrected chi connectivity index (χ2v) is 11.1. The fraction of sp³-hybridized carbons (Fsp3) is 0.409. The van der Waals surface area contributed by atoms with Crippen molar-refractivity contribution in [3.63, 3.8) is 0 Å². The molecule has 0 fully saturated rings. The summed E-state index contributed by atoms with van der Waals surface area (Å²) in [6, 6.07) is 0. The number of aryl methyl sites for hydroxylation is 1. The molecular formula is C22H23N3O6S3. The molecule has 180 valence electrons. The minimum atomic E-state index is -0.667. The number of esters is 2. The van der Waals surface area contributed by atoms with Crippen molar-refractivity contribution in [2.45, 2.75) is 38.3 Å². The van der Waals surface area contributed by atoms with Gasteiger partial charge in [0.1, 0.15) is 14.7 Å². The molecule has 0 saturated carbocycles. The number of hydrogen-bond donors (Lipinski definition) is 2. The number of aromatic nitrogens is 2. The lowest BCUT2D eigenvalue weighted by molar-refractivity contribution is -0.113. The van der Waals surface area contributed by atoms with E-state index in [1.54, 1.807) is 18.3 Å². The largest absolute Gasteiger partial charge is 0.465 e. The predicted octanol–water partition coefficient (Wildman–Crippen LogP) is 3.78. The smallest absolute Gasteiger partial charge is 0.348 e. The molecule has 3 heterocycles. The van der Waals surface area contributed by atoms with Gasteiger partial charge in [0.25, 0.3) is 5.56 Å². The number of ether oxygens (including phenoxy) is 2. The number of amides is 1. The molecule has 1 aliphatic rings. The standard InChI is InChI=1S/C22H23N3O6S3/c1-9-5-6-11-12(7-9)33-19-15(11)17(27)24-22(25-19)32-8-13(26)23-18-14(20(28)30-3)10(2)16(34-18)21(29)31-4/h9H,5-8H2,1-4H3,(H,23,26)(H,24,25,27). The summed E-state index contributed by atoms with van der Waals surface area (Å²) in [5.74, 6) is -1.16. The molecular weight excluding hydrogens is 498 g/mol. The fourth-order valence-corrected chi connectivity index (χ4v) is 7.16. The number of nitrogens with one attached hydrogen (secondary N) is 2. The number of aromatic amines is 1. The lowest BCUT2D eigenvalue weighted by Gasteiger charge is -2.17. The summed E-state index contributed by atoms with van der Waals surface area (Å²) in [5, 5.41) is 3.88. The van der Waals surface area contributed by atoms with Gasteiger partial charge in [0.05, 0.1) is 30.9 Å². The van der Waals surface area contributed by atoms with E-state index in [2.05, 4.69) is 22.2 Å². The van der Waals surface area contributed by atoms with Crippen LogP contribution in [-0.2, 0) is 27.1 Å². The third-order valence-corrected chi connectivity index (χ3v) is 8.85. The van der Waals surface area contributed by atoms with Crippen molar-refractivity contribution in [2.24, 2.45) is 5.92 Å². The molecule has 34 heavy (non-hydrogen) atoms. The number of carbonyl (C=O) groups is 3. The van der Waals surface area contributed by atoms with Crippen LogP contribution in [0, 0.1) is 12.8 Å². The number of anilines is 1. The highest BCUT2D eigenvalue weighted by molar-refractivity contribution is 7.99. The van der Waals surface area contributed by atoms with Crippen LogP contribution in [-0.4, -0.2) is 47.8 Å². The van der Waals surface area contributed by atoms with Gasteiger partial charge in [-0.3, -0.25) is 9.59 Å². The van der Waals surface area contributed by atoms with Crippen molar-refractivity contribution < 1.29 is 23.9 Å². The summed E-state index contributed by atoms with van der Waals surface area (Å²) < 4.78 is 9.55. The first kappa shape index (κ1) is 24.4. The number of methoxy groups -OCH3 is 2. The van der Waals surface area contributed by atoms with Crippen molar-refractivity contribution in [3.05, 3.63) is 36.8 Å². The number of nitrogens with zero attached hydrogens (tertiary/aromatic N) is 1. The topological polar surface area (TPSA) is 127 Å². The molecule has 0 saturated heterocycles. The lowest BCUT2D eigenvalue weighted by atomic mass is 9.89. The van der Waals surface area contributed by atoms with Gasteiger partial charge in [0.2, 0.25) is 5.91 Å². The summed E-state index contributed by atoms with van der Waals surface area (Å²) in [7, 11) is 2.46. The predicted molar refractivity (Wildman–Crippen MR) is 133 cm³/mol. The van der Waals surface area contributed by atoms with Crippen LogP contribution in [0.2, 0.25) is 0 Å². The fourth-order valence-electron chi connectivity index (χ4n) is 3.93. The van der Waals surface area contributed by atoms with Crippen molar-refractivity contribution in [1.82, 2.24) is 9.97 Å². The average molecular weight is 522 g/mol. The van der Waals surface area contributed by atoms with E-state index in [1.807, 2.05) is 0 Å². The van der Waals surface area contributed by atoms with E-state index in [0.29, 0.717) is 26.9 Å². The van der Waals surface area contributed by atoms with Crippen molar-refractivity contribution in [2.75, 3.05) is 25.3 Å². The Morgan fingerprint density at radius 2 is 1.94 bits per heavy atom. The maximum absolute atomic E-state index is 12.7. The molecule has 3 aromatic heterocycles. The molecule has 1 amide bonds. The van der Waals surface area contributed by atoms with E-state index < -0.39 is 17.8 Å². The van der Waals surface area contributed by atoms with Crippen LogP contribution in [0.15, 0.2) is 9.95 Å². The van der Waals surface area contributed by atoms with Crippen LogP contribution in [0.25, 0.3) is 10.2 Å². The Bertz CT molecular complexity index is 1360. The Hall–Kier alpha value is -2.70. The molecule has 0 spiro atoms. The minimum Gasteiger partial charge on any atom is -0.465 e. The average Bonchev–Trinajstić information content (AvgIpc) is 3.33. The van der Waals surface area contributed by atoms with Gasteiger partial charge < -0.3 is 19.8 Å². The van der Waals surface area contributed by atoms with Gasteiger partial charge in [-0.2, -0.15) is 0 Å². The highest BCUT2D eigenvalue weighted by atomic mass is 32.2. The van der Waals surface area contributed by atoms with Gasteiger partial charge in [-0.15, -0.1) is 22.7 Å². The molecule has 1 atom stereocenters. The van der Waals surface area contributed by atoms with Gasteiger partial charge in [-0.25, -0.2) is 14.6 Å². The first-order chi connectivity index (χ1) is 16.2. The number of thioether (sulfide) groups is 1. The normalized spacial score (nSPS) is 15.1. The highest BCUT2D eigenvalue weighted by Crippen LogP contribution is 2.37. The van der Waals surface area contributed by atoms with E-state index in [4.69, 9.17) is 9.47 Å². The van der Waals surface area contributed by atoms with E-state index in [0.717, 1.165) is 47.9 Å². The van der Waals surface area contributed by atoms with Crippen LogP contribution >= 0.6 is 34.4 Å². The molecule has 1 aliphatic carbocycles. The molecule has 0 bridgehead atoms. The number of H-pyrrole nitrogens is 1. The van der Waals surface area contributed by atoms with Gasteiger partial charge in [-0.05, 0) is 43.2 Å². The number of thiophene rings is 2. The Labute approximate surface area is 207 Å². The SMILES string of the molecule is COC(=O)c1sc(NC(=O)CSc2nc3sc4c(c3c(=O)[nH]2)CCC(C)C4)c(C(=O)OC)c1C. The second kappa shape index (κ2) is 9.88. The van der Waals surface area contributed by atoms with E-state index >= 15 is 0 Å². The van der Waals surface area contributed by atoms with Gasteiger partial charge >= 0.3 is 11.9 Å². The molecule has 0 aromatic carbocycles. The van der Waals surface area contributed by atoms with Gasteiger partial charge in [0, 0.05) is 4.88 Å². The zero-order valence-electron chi connectivity index (χ0n) is 19.0. The number of fused-ring (bicyclic) bond motifs is 3. The summed E-state index contributed by atoms with van der Waals surface area (Å²) in [6.07, 6.45) is 2.89. The quantitative estimate of drug-likeness (QED) is 0.285. The van der Waals surface area contributed by atoms with E-state index in [-0.39, 0.29) is 26.8 Å². The highest BCUT2D eigenvalue weighted by Gasteiger charge is 2.27. The van der Waals surface area contributed by atoms with E-state index in [9.17, 15) is 19.2 Å². The second-order valence-electron chi connectivity index (χ2n) is 7.98. The number of hydrogen-bond acceptors (Lipinski definition) is 10. The first-order valence-electron chi connectivity index (χ1n) is 10.5. The van der Waals surface area contributed by atoms with Crippen molar-refractivity contribution in [3.8, 4) is 0 Å². The van der Waals surface area contributed by atoms with Crippen LogP contribution in [0.3, 0.4) is 0 Å². The summed E-state index contributed by atoms with van der Waals surface area (Å²) >= 11 is 3.58. The lowest BCUT2D eigenvalue weighted by Crippen LogP contribution is -2.17. The van der Waals surface area contributed by atoms with Crippen LogP contribution < -0.4 is 10.9 Å². The zero-order valence-corrected chi connectivity index (χ0v) is 21.5. The third kappa shape index (κ3) is 4.62. The zero-order chi connectivity index (χ0) is 24.6. The Morgan fingerprint density at radius 3 is 2.65 bits per heavy atom. The van der Waals surface area contributed by atoms with Crippen LogP contribution in [0.1, 0.15) is 49.4 Å². The Balaban J connectivity index is 1.52. The van der Waals surface area contributed by atoms with Crippen LogP contribution in [0.5, 0.6) is 0 Å². The molecule has 3 aromatic rings. The number of rotatable bonds is 6. The monoisotopic (exact) mass is 521 g/mol. The van der Waals surface area contributed by atoms with Gasteiger partial charge in [0.15, 0.2) is 5.16 Å². The third-order valence-electron chi connectivity index (χ3n) is 5.64. The molecule has 2 N–H and O–H groups in total. The molecule has 4 rings (SSSR count). The molecule has 1 unspecified atom stereocenters. The molecule has 0 radical (unpaired) electrons. The minimum absolute atomic E-state index is 0.0539. The molecule has 9 nitrogen and oxygen atoms in total. The maximum Gasteiger partial charge on any atom is 0.348 e. The van der Waals surface area contributed by atoms with Crippen LogP contribution in [0.4, 0.5) is 5.00 Å². The summed E-state index contributed by atoms with van der Waals surface area (Å²) in [6.45, 7) is 3.80. The number of carbonyl (C=O) groups excluding carboxylic acids is 3. The van der Waals surface area contributed by atoms with Crippen molar-refractivity contribution in [1.29, 1.82) is 0 Å². The van der Waals surface area contributed by atoms with Gasteiger partial charge in [-0.1, -0.05) is 18.7 Å². The maximum atomic E-state index is 12.7. The first-order valence-corrected chi connectivity index (χ1v) is 13.1. The van der Waals surface area contributed by atoms with Crippen molar-refractivity contribution >= 4 is 67.5 Å². The Kier molecular flexibility index (Phi) is 7.10. The molecule has 0 aliphatic heterocycles. The van der Waals surface area contributed by atoms with E-state index in [1.165, 1.54) is 19.1 Å². The summed E-state index contributed by atoms with van der Waals surface area (Å²) in [4.78, 5) is 59.1. The Morgan fingerprint density at radius 1 is 1.21 bits per heavy atom. The molecule has 12 heteroatoms. The summed E-state index contributed by atoms with van der Waals surface area (Å²) in [5.41, 5.74) is 1.40.